The van der Waals surface area contributed by atoms with Crippen LogP contribution >= 0.6 is 11.6 Å². The van der Waals surface area contributed by atoms with Crippen LogP contribution in [-0.4, -0.2) is 28.8 Å². The maximum atomic E-state index is 11.6. The van der Waals surface area contributed by atoms with E-state index in [2.05, 4.69) is 10.5 Å². The maximum Gasteiger partial charge on any atom is 0.311 e. The lowest BCUT2D eigenvalue weighted by molar-refractivity contribution is -0.385. The largest absolute Gasteiger partial charge is 0.502 e. The number of phenolic OH excluding ortho intramolecular Hbond substituents is 1. The summed E-state index contributed by atoms with van der Waals surface area (Å²) >= 11 is 5.79. The number of amides is 1. The van der Waals surface area contributed by atoms with E-state index in [4.69, 9.17) is 16.3 Å². The third-order valence-corrected chi connectivity index (χ3v) is 3.04. The van der Waals surface area contributed by atoms with E-state index in [9.17, 15) is 20.0 Å². The number of nitro groups is 1. The molecule has 0 aliphatic carbocycles. The van der Waals surface area contributed by atoms with Crippen LogP contribution in [-0.2, 0) is 4.79 Å². The Balaban J connectivity index is 1.91. The van der Waals surface area contributed by atoms with Gasteiger partial charge in [-0.3, -0.25) is 14.9 Å². The van der Waals surface area contributed by atoms with E-state index in [1.807, 2.05) is 0 Å². The highest BCUT2D eigenvalue weighted by Gasteiger charge is 2.15. The molecule has 0 atom stereocenters. The number of phenols is 1. The van der Waals surface area contributed by atoms with E-state index in [1.54, 1.807) is 24.3 Å². The van der Waals surface area contributed by atoms with Crippen molar-refractivity contribution in [2.75, 3.05) is 6.61 Å². The van der Waals surface area contributed by atoms with Gasteiger partial charge in [0, 0.05) is 16.7 Å². The number of rotatable bonds is 6. The van der Waals surface area contributed by atoms with Gasteiger partial charge in [-0.1, -0.05) is 23.7 Å². The number of para-hydroxylation sites is 1. The van der Waals surface area contributed by atoms with Gasteiger partial charge in [0.15, 0.2) is 6.61 Å². The van der Waals surface area contributed by atoms with Crippen LogP contribution in [0, 0.1) is 10.1 Å². The first-order valence-corrected chi connectivity index (χ1v) is 7.02. The lowest BCUT2D eigenvalue weighted by Gasteiger charge is -2.05. The summed E-state index contributed by atoms with van der Waals surface area (Å²) in [6.07, 6.45) is 1.10. The first-order valence-electron chi connectivity index (χ1n) is 6.64. The summed E-state index contributed by atoms with van der Waals surface area (Å²) in [4.78, 5) is 21.6. The topological polar surface area (TPSA) is 114 Å². The van der Waals surface area contributed by atoms with Crippen molar-refractivity contribution in [3.63, 3.8) is 0 Å². The molecule has 1 amide bonds. The van der Waals surface area contributed by atoms with Gasteiger partial charge in [0.25, 0.3) is 5.91 Å². The second kappa shape index (κ2) is 7.93. The van der Waals surface area contributed by atoms with Gasteiger partial charge in [0.05, 0.1) is 11.1 Å². The van der Waals surface area contributed by atoms with Crippen molar-refractivity contribution in [3.05, 3.63) is 63.2 Å². The molecule has 0 aliphatic rings. The van der Waals surface area contributed by atoms with Crippen LogP contribution in [0.15, 0.2) is 47.6 Å². The lowest BCUT2D eigenvalue weighted by Crippen LogP contribution is -2.24. The number of nitrogens with one attached hydrogen (secondary N) is 1. The second-order valence-corrected chi connectivity index (χ2v) is 4.95. The van der Waals surface area contributed by atoms with Crippen molar-refractivity contribution < 1.29 is 19.6 Å². The fraction of sp³-hybridized carbons (Fsp3) is 0.0667. The summed E-state index contributed by atoms with van der Waals surface area (Å²) in [7, 11) is 0. The number of hydrogen-bond donors (Lipinski definition) is 2. The summed E-state index contributed by atoms with van der Waals surface area (Å²) in [5.41, 5.74) is 1.83. The Kier molecular flexibility index (Phi) is 5.69. The number of halogens is 1. The van der Waals surface area contributed by atoms with Gasteiger partial charge in [0.1, 0.15) is 5.75 Å². The first kappa shape index (κ1) is 17.2. The highest BCUT2D eigenvalue weighted by Crippen LogP contribution is 2.27. The standard InChI is InChI=1S/C15H12ClN3O5/c16-11-4-2-5-12(7-11)24-9-14(20)18-17-8-10-3-1-6-13(15(10)21)19(22)23/h1-8,21H,9H2,(H,18,20)/b17-8-. The number of nitrogens with zero attached hydrogens (tertiary/aromatic N) is 2. The summed E-state index contributed by atoms with van der Waals surface area (Å²) in [5.74, 6) is -0.648. The summed E-state index contributed by atoms with van der Waals surface area (Å²) in [6.45, 7) is -0.293. The van der Waals surface area contributed by atoms with E-state index in [1.165, 1.54) is 12.1 Å². The number of hydrogen-bond acceptors (Lipinski definition) is 6. The average molecular weight is 350 g/mol. The van der Waals surface area contributed by atoms with Crippen molar-refractivity contribution >= 4 is 29.4 Å². The zero-order chi connectivity index (χ0) is 17.5. The Morgan fingerprint density at radius 3 is 2.83 bits per heavy atom. The maximum absolute atomic E-state index is 11.6. The van der Waals surface area contributed by atoms with E-state index in [0.29, 0.717) is 10.8 Å². The molecular formula is C15H12ClN3O5. The smallest absolute Gasteiger partial charge is 0.311 e. The molecule has 24 heavy (non-hydrogen) atoms. The van der Waals surface area contributed by atoms with Crippen LogP contribution in [0.4, 0.5) is 5.69 Å². The molecule has 2 rings (SSSR count). The van der Waals surface area contributed by atoms with Gasteiger partial charge >= 0.3 is 5.69 Å². The molecule has 124 valence electrons. The Morgan fingerprint density at radius 2 is 2.12 bits per heavy atom. The van der Waals surface area contributed by atoms with Crippen LogP contribution in [0.1, 0.15) is 5.56 Å². The molecule has 0 aromatic heterocycles. The molecule has 0 unspecified atom stereocenters. The number of carbonyl (C=O) groups excluding carboxylic acids is 1. The Labute approximate surface area is 141 Å². The van der Waals surface area contributed by atoms with Crippen LogP contribution in [0.5, 0.6) is 11.5 Å². The molecule has 9 heteroatoms. The SMILES string of the molecule is O=C(COc1cccc(Cl)c1)N/N=C\c1cccc([N+](=O)[O-])c1O. The quantitative estimate of drug-likeness (QED) is 0.472. The predicted molar refractivity (Wildman–Crippen MR) is 87.4 cm³/mol. The van der Waals surface area contributed by atoms with Crippen molar-refractivity contribution in [2.24, 2.45) is 5.10 Å². The van der Waals surface area contributed by atoms with Gasteiger partial charge in [-0.2, -0.15) is 5.10 Å². The zero-order valence-corrected chi connectivity index (χ0v) is 12.9. The van der Waals surface area contributed by atoms with Crippen molar-refractivity contribution in [2.45, 2.75) is 0 Å². The molecule has 2 N–H and O–H groups in total. The molecule has 0 fully saturated rings. The zero-order valence-electron chi connectivity index (χ0n) is 12.2. The number of aromatic hydroxyl groups is 1. The summed E-state index contributed by atoms with van der Waals surface area (Å²) in [5, 5.41) is 24.5. The number of hydrazone groups is 1. The molecule has 0 bridgehead atoms. The molecule has 0 spiro atoms. The molecule has 0 radical (unpaired) electrons. The Bertz CT molecular complexity index is 794. The highest BCUT2D eigenvalue weighted by atomic mass is 35.5. The first-order chi connectivity index (χ1) is 11.5. The molecule has 2 aromatic carbocycles. The molecule has 0 saturated carbocycles. The normalized spacial score (nSPS) is 10.5. The number of ether oxygens (including phenoxy) is 1. The van der Waals surface area contributed by atoms with Crippen LogP contribution in [0.25, 0.3) is 0 Å². The minimum absolute atomic E-state index is 0.0975. The second-order valence-electron chi connectivity index (χ2n) is 4.51. The lowest BCUT2D eigenvalue weighted by atomic mass is 10.2. The minimum Gasteiger partial charge on any atom is -0.502 e. The molecule has 0 aliphatic heterocycles. The third-order valence-electron chi connectivity index (χ3n) is 2.80. The average Bonchev–Trinajstić information content (AvgIpc) is 2.54. The van der Waals surface area contributed by atoms with Crippen LogP contribution in [0.3, 0.4) is 0 Å². The fourth-order valence-corrected chi connectivity index (χ4v) is 1.89. The van der Waals surface area contributed by atoms with Gasteiger partial charge < -0.3 is 9.84 Å². The minimum atomic E-state index is -0.718. The van der Waals surface area contributed by atoms with Gasteiger partial charge in [-0.15, -0.1) is 0 Å². The molecule has 8 nitrogen and oxygen atoms in total. The van der Waals surface area contributed by atoms with Crippen molar-refractivity contribution in [1.82, 2.24) is 5.43 Å². The van der Waals surface area contributed by atoms with E-state index >= 15 is 0 Å². The Morgan fingerprint density at radius 1 is 1.38 bits per heavy atom. The van der Waals surface area contributed by atoms with Gasteiger partial charge in [0.2, 0.25) is 5.75 Å². The third kappa shape index (κ3) is 4.68. The van der Waals surface area contributed by atoms with Crippen molar-refractivity contribution in [3.8, 4) is 11.5 Å². The predicted octanol–water partition coefficient (Wildman–Crippen LogP) is 2.48. The monoisotopic (exact) mass is 349 g/mol. The molecule has 0 heterocycles. The van der Waals surface area contributed by atoms with E-state index < -0.39 is 22.3 Å². The van der Waals surface area contributed by atoms with Crippen LogP contribution < -0.4 is 10.2 Å². The molecular weight excluding hydrogens is 338 g/mol. The van der Waals surface area contributed by atoms with E-state index in [-0.39, 0.29) is 12.2 Å². The van der Waals surface area contributed by atoms with E-state index in [0.717, 1.165) is 12.3 Å². The number of nitro benzene ring substituents is 1. The number of carbonyl (C=O) groups is 1. The van der Waals surface area contributed by atoms with Crippen molar-refractivity contribution in [1.29, 1.82) is 0 Å². The summed E-state index contributed by atoms with van der Waals surface area (Å²) in [6, 6.07) is 10.5. The molecule has 0 saturated heterocycles. The number of benzene rings is 2. The fourth-order valence-electron chi connectivity index (χ4n) is 1.71. The summed E-state index contributed by atoms with van der Waals surface area (Å²) < 4.78 is 5.22. The Hall–Kier alpha value is -3.13. The van der Waals surface area contributed by atoms with Gasteiger partial charge in [-0.25, -0.2) is 5.43 Å². The van der Waals surface area contributed by atoms with Gasteiger partial charge in [-0.05, 0) is 24.3 Å². The van der Waals surface area contributed by atoms with Crippen LogP contribution in [0.2, 0.25) is 5.02 Å². The highest BCUT2D eigenvalue weighted by molar-refractivity contribution is 6.30. The molecule has 2 aromatic rings.